The van der Waals surface area contributed by atoms with Crippen molar-refractivity contribution < 1.29 is 38.7 Å². The van der Waals surface area contributed by atoms with Crippen LogP contribution in [0.4, 0.5) is 0 Å². The molecule has 0 spiro atoms. The largest absolute Gasteiger partial charge is 0.391 e. The van der Waals surface area contributed by atoms with Crippen LogP contribution in [-0.2, 0) is 40.0 Å². The van der Waals surface area contributed by atoms with Gasteiger partial charge in [-0.3, -0.25) is 43.5 Å². The van der Waals surface area contributed by atoms with Gasteiger partial charge < -0.3 is 71.8 Å². The molecule has 22 nitrogen and oxygen atoms in total. The van der Waals surface area contributed by atoms with Crippen molar-refractivity contribution in [2.45, 2.75) is 102 Å². The maximum Gasteiger partial charge on any atom is 0.245 e. The molecule has 0 aliphatic carbocycles. The highest BCUT2D eigenvalue weighted by atomic mass is 16.3. The minimum Gasteiger partial charge on any atom is -0.391 e. The van der Waals surface area contributed by atoms with Crippen molar-refractivity contribution in [2.75, 3.05) is 13.1 Å². The van der Waals surface area contributed by atoms with Crippen LogP contribution in [0.25, 0.3) is 0 Å². The summed E-state index contributed by atoms with van der Waals surface area (Å²) in [6.45, 7) is 4.85. The normalized spacial score (nSPS) is 14.6. The molecule has 0 fully saturated rings. The van der Waals surface area contributed by atoms with Crippen LogP contribution in [0.2, 0.25) is 0 Å². The average molecular weight is 791 g/mol. The molecule has 1 rings (SSSR count). The number of nitrogens with one attached hydrogen (secondary N) is 5. The number of benzene rings is 1. The van der Waals surface area contributed by atoms with Crippen LogP contribution >= 0.6 is 0 Å². The fourth-order valence-electron chi connectivity index (χ4n) is 5.06. The second-order valence-corrected chi connectivity index (χ2v) is 13.4. The molecule has 0 radical (unpaired) electrons. The maximum absolute atomic E-state index is 13.9. The Morgan fingerprint density at radius 1 is 0.625 bits per heavy atom. The Morgan fingerprint density at radius 2 is 1.07 bits per heavy atom. The predicted molar refractivity (Wildman–Crippen MR) is 207 cm³/mol. The standard InChI is InChI=1S/C34H58N14O8/c1-17(2)25(36)31(55)44-20(11-7-13-42-33(38)39)29(53)47-23(15-19-9-5-4-6-10-19)30(54)48-26(18(3)49)32(56)45-21(12-8-14-43-34(40)41)28(52)46-22(27(37)51)16-24(35)50/h4-6,9-10,17-18,20-23,25-26,49H,7-8,11-16,36H2,1-3H3,(H2,35,50)(H2,37,51)(H,44,55)(H,45,56)(H,46,52)(H,47,53)(H,48,54)(H4,38,39,42)(H4,40,41,43)/t18-,20+,21+,22+,23+,25+,26+/m1/s1. The lowest BCUT2D eigenvalue weighted by Gasteiger charge is -2.28. The number of hydrogen-bond acceptors (Lipinski definition) is 11. The first-order valence-corrected chi connectivity index (χ1v) is 17.9. The highest BCUT2D eigenvalue weighted by Crippen LogP contribution is 2.09. The highest BCUT2D eigenvalue weighted by molar-refractivity contribution is 5.97. The van der Waals surface area contributed by atoms with E-state index in [0.717, 1.165) is 0 Å². The van der Waals surface area contributed by atoms with Crippen LogP contribution in [0.3, 0.4) is 0 Å². The van der Waals surface area contributed by atoms with Crippen molar-refractivity contribution in [1.82, 2.24) is 26.6 Å². The van der Waals surface area contributed by atoms with Gasteiger partial charge in [-0.2, -0.15) is 0 Å². The van der Waals surface area contributed by atoms with Gasteiger partial charge in [-0.25, -0.2) is 0 Å². The van der Waals surface area contributed by atoms with Gasteiger partial charge in [0, 0.05) is 19.5 Å². The first-order chi connectivity index (χ1) is 26.2. The van der Waals surface area contributed by atoms with E-state index in [1.807, 2.05) is 0 Å². The van der Waals surface area contributed by atoms with Crippen molar-refractivity contribution in [2.24, 2.45) is 56.0 Å². The van der Waals surface area contributed by atoms with Crippen LogP contribution in [0.15, 0.2) is 40.3 Å². The van der Waals surface area contributed by atoms with Gasteiger partial charge in [-0.05, 0) is 44.1 Å². The van der Waals surface area contributed by atoms with E-state index < -0.39 is 90.1 Å². The third-order valence-corrected chi connectivity index (χ3v) is 8.22. The van der Waals surface area contributed by atoms with Crippen LogP contribution in [-0.4, -0.2) is 114 Å². The molecule has 312 valence electrons. The molecular weight excluding hydrogens is 732 g/mol. The third-order valence-electron chi connectivity index (χ3n) is 8.22. The summed E-state index contributed by atoms with van der Waals surface area (Å²) in [6, 6.07) is 0.466. The molecule has 7 amide bonds. The molecule has 56 heavy (non-hydrogen) atoms. The van der Waals surface area contributed by atoms with E-state index in [1.54, 1.807) is 44.2 Å². The topological polar surface area (TPSA) is 407 Å². The van der Waals surface area contributed by atoms with Crippen LogP contribution in [0.1, 0.15) is 58.4 Å². The molecule has 0 heterocycles. The Morgan fingerprint density at radius 3 is 1.50 bits per heavy atom. The lowest BCUT2D eigenvalue weighted by molar-refractivity contribution is -0.137. The smallest absolute Gasteiger partial charge is 0.245 e. The number of primary amides is 2. The highest BCUT2D eigenvalue weighted by Gasteiger charge is 2.35. The zero-order valence-electron chi connectivity index (χ0n) is 31.9. The molecular formula is C34H58N14O8. The molecule has 0 aliphatic rings. The van der Waals surface area contributed by atoms with Crippen molar-refractivity contribution in [3.63, 3.8) is 0 Å². The monoisotopic (exact) mass is 790 g/mol. The van der Waals surface area contributed by atoms with E-state index in [-0.39, 0.29) is 63.0 Å². The van der Waals surface area contributed by atoms with Crippen molar-refractivity contribution in [1.29, 1.82) is 0 Å². The summed E-state index contributed by atoms with van der Waals surface area (Å²) in [4.78, 5) is 98.6. The summed E-state index contributed by atoms with van der Waals surface area (Å²) >= 11 is 0. The number of hydrogen-bond donors (Lipinski definition) is 13. The number of carbonyl (C=O) groups excluding carboxylic acids is 7. The number of guanidine groups is 2. The van der Waals surface area contributed by atoms with E-state index in [4.69, 9.17) is 40.1 Å². The molecule has 22 heteroatoms. The van der Waals surface area contributed by atoms with Crippen LogP contribution in [0.5, 0.6) is 0 Å². The molecule has 0 aliphatic heterocycles. The average Bonchev–Trinajstić information content (AvgIpc) is 3.11. The molecule has 20 N–H and O–H groups in total. The summed E-state index contributed by atoms with van der Waals surface area (Å²) in [5.41, 5.74) is 38.7. The fraction of sp³-hybridized carbons (Fsp3) is 0.559. The number of nitrogens with zero attached hydrogens (tertiary/aromatic N) is 2. The molecule has 1 aromatic rings. The first kappa shape index (κ1) is 48.0. The number of aliphatic imine (C=N–C) groups is 2. The molecule has 0 unspecified atom stereocenters. The Kier molecular flexibility index (Phi) is 20.9. The van der Waals surface area contributed by atoms with E-state index in [2.05, 4.69) is 36.6 Å². The number of carbonyl (C=O) groups is 7. The van der Waals surface area contributed by atoms with E-state index in [1.165, 1.54) is 6.92 Å². The second kappa shape index (κ2) is 24.4. The minimum atomic E-state index is -1.69. The minimum absolute atomic E-state index is 0.0408. The number of amides is 7. The number of aliphatic hydroxyl groups is 1. The van der Waals surface area contributed by atoms with Crippen molar-refractivity contribution >= 4 is 53.3 Å². The van der Waals surface area contributed by atoms with Gasteiger partial charge in [0.2, 0.25) is 41.4 Å². The van der Waals surface area contributed by atoms with Crippen molar-refractivity contribution in [3.05, 3.63) is 35.9 Å². The summed E-state index contributed by atoms with van der Waals surface area (Å²) in [6.07, 6.45) is -1.92. The number of nitrogens with two attached hydrogens (primary N) is 7. The van der Waals surface area contributed by atoms with E-state index >= 15 is 0 Å². The summed E-state index contributed by atoms with van der Waals surface area (Å²) in [5.74, 6) is -6.89. The van der Waals surface area contributed by atoms with Gasteiger partial charge >= 0.3 is 0 Å². The SMILES string of the molecule is CC(C)[C@H](N)C(=O)N[C@@H](CCCN=C(N)N)C(=O)N[C@@H](Cc1ccccc1)C(=O)N[C@H](C(=O)N[C@@H](CCCN=C(N)N)C(=O)N[C@@H](CC(N)=O)C(N)=O)[C@@H](C)O. The van der Waals surface area contributed by atoms with Gasteiger partial charge in [0.25, 0.3) is 0 Å². The van der Waals surface area contributed by atoms with Gasteiger partial charge in [0.15, 0.2) is 11.9 Å². The number of rotatable bonds is 25. The van der Waals surface area contributed by atoms with Gasteiger partial charge in [0.1, 0.15) is 30.2 Å². The first-order valence-electron chi connectivity index (χ1n) is 17.9. The molecule has 0 saturated carbocycles. The Hall–Kier alpha value is -6.03. The van der Waals surface area contributed by atoms with Gasteiger partial charge in [-0.15, -0.1) is 0 Å². The van der Waals surface area contributed by atoms with E-state index in [9.17, 15) is 38.7 Å². The molecule has 0 saturated heterocycles. The summed E-state index contributed by atoms with van der Waals surface area (Å²) < 4.78 is 0. The molecule has 0 bridgehead atoms. The van der Waals surface area contributed by atoms with Crippen molar-refractivity contribution in [3.8, 4) is 0 Å². The molecule has 1 aromatic carbocycles. The number of aliphatic hydroxyl groups excluding tert-OH is 1. The quantitative estimate of drug-likeness (QED) is 0.0250. The lowest BCUT2D eigenvalue weighted by atomic mass is 10.0. The molecule has 7 atom stereocenters. The Labute approximate surface area is 324 Å². The lowest BCUT2D eigenvalue weighted by Crippen LogP contribution is -2.62. The summed E-state index contributed by atoms with van der Waals surface area (Å²) in [7, 11) is 0. The third kappa shape index (κ3) is 18.3. The maximum atomic E-state index is 13.9. The van der Waals surface area contributed by atoms with Gasteiger partial charge in [0.05, 0.1) is 18.6 Å². The summed E-state index contributed by atoms with van der Waals surface area (Å²) in [5, 5.41) is 23.1. The predicted octanol–water partition coefficient (Wildman–Crippen LogP) is -5.51. The zero-order chi connectivity index (χ0) is 42.5. The van der Waals surface area contributed by atoms with Crippen LogP contribution < -0.4 is 66.7 Å². The van der Waals surface area contributed by atoms with E-state index in [0.29, 0.717) is 5.56 Å². The Bertz CT molecular complexity index is 1550. The van der Waals surface area contributed by atoms with Crippen LogP contribution in [0, 0.1) is 5.92 Å². The second-order valence-electron chi connectivity index (χ2n) is 13.4. The fourth-order valence-corrected chi connectivity index (χ4v) is 5.06. The molecule has 0 aromatic heterocycles. The Balaban J connectivity index is 3.41. The van der Waals surface area contributed by atoms with Gasteiger partial charge in [-0.1, -0.05) is 44.2 Å². The zero-order valence-corrected chi connectivity index (χ0v) is 31.9.